The first-order valence-corrected chi connectivity index (χ1v) is 15.8. The minimum absolute atomic E-state index is 0.0293. The van der Waals surface area contributed by atoms with Crippen LogP contribution in [0.2, 0.25) is 0 Å². The first kappa shape index (κ1) is 29.5. The van der Waals surface area contributed by atoms with E-state index < -0.39 is 6.04 Å². The second-order valence-electron chi connectivity index (χ2n) is 9.65. The van der Waals surface area contributed by atoms with Gasteiger partial charge in [-0.1, -0.05) is 41.7 Å². The molecule has 1 N–H and O–H groups in total. The fourth-order valence-corrected chi connectivity index (χ4v) is 7.70. The van der Waals surface area contributed by atoms with Crippen molar-refractivity contribution in [2.45, 2.75) is 32.9 Å². The van der Waals surface area contributed by atoms with Crippen LogP contribution in [0.25, 0.3) is 6.08 Å². The van der Waals surface area contributed by atoms with Crippen LogP contribution in [-0.2, 0) is 4.79 Å². The molecule has 0 saturated carbocycles. The molecule has 5 rings (SSSR count). The summed E-state index contributed by atoms with van der Waals surface area (Å²) in [6.07, 6.45) is 1.83. The van der Waals surface area contributed by atoms with Crippen LogP contribution in [0.5, 0.6) is 11.5 Å². The lowest BCUT2D eigenvalue weighted by Gasteiger charge is -2.25. The third-order valence-electron chi connectivity index (χ3n) is 6.38. The summed E-state index contributed by atoms with van der Waals surface area (Å²) in [4.78, 5) is 33.2. The minimum atomic E-state index is -0.699. The number of halogens is 2. The van der Waals surface area contributed by atoms with Gasteiger partial charge in [0, 0.05) is 14.8 Å². The van der Waals surface area contributed by atoms with Crippen molar-refractivity contribution in [2.24, 2.45) is 4.99 Å². The molecule has 1 aliphatic heterocycles. The Morgan fingerprint density at radius 2 is 1.85 bits per heavy atom. The third-order valence-corrected chi connectivity index (χ3v) is 8.79. The number of carbonyl (C=O) groups is 1. The van der Waals surface area contributed by atoms with Gasteiger partial charge in [-0.15, -0.1) is 0 Å². The summed E-state index contributed by atoms with van der Waals surface area (Å²) in [5, 5.41) is 2.98. The van der Waals surface area contributed by atoms with Crippen LogP contribution in [0.1, 0.15) is 37.9 Å². The molecule has 210 valence electrons. The van der Waals surface area contributed by atoms with E-state index in [1.54, 1.807) is 18.6 Å². The summed E-state index contributed by atoms with van der Waals surface area (Å²) in [6, 6.07) is 20.0. The molecule has 4 aromatic rings. The molecule has 0 unspecified atom stereocenters. The van der Waals surface area contributed by atoms with E-state index in [1.165, 1.54) is 11.3 Å². The number of aromatic nitrogens is 1. The Kier molecular flexibility index (Phi) is 9.00. The number of para-hydroxylation sites is 1. The minimum Gasteiger partial charge on any atom is -0.497 e. The summed E-state index contributed by atoms with van der Waals surface area (Å²) in [7, 11) is 1.59. The second-order valence-corrected chi connectivity index (χ2v) is 13.1. The molecular weight excluding hydrogens is 764 g/mol. The molecule has 0 bridgehead atoms. The number of allylic oxidation sites excluding steroid dienone is 1. The van der Waals surface area contributed by atoms with Gasteiger partial charge >= 0.3 is 0 Å². The van der Waals surface area contributed by atoms with E-state index in [0.29, 0.717) is 32.0 Å². The first-order chi connectivity index (χ1) is 19.7. The average molecular weight is 791 g/mol. The third kappa shape index (κ3) is 6.28. The van der Waals surface area contributed by atoms with Crippen LogP contribution in [0.15, 0.2) is 87.8 Å². The first-order valence-electron chi connectivity index (χ1n) is 12.8. The predicted molar refractivity (Wildman–Crippen MR) is 179 cm³/mol. The number of nitrogens with zero attached hydrogens (tertiary/aromatic N) is 2. The SMILES string of the molecule is COc1cccc([C@@H]2C(C(=O)Nc3ccccc3)=C(C)N=c3s/c(=C\c4cc(I)cc(I)c4OC(C)C)c(=O)n32)c1. The van der Waals surface area contributed by atoms with Crippen LogP contribution in [-0.4, -0.2) is 23.7 Å². The van der Waals surface area contributed by atoms with Crippen molar-refractivity contribution in [3.8, 4) is 11.5 Å². The monoisotopic (exact) mass is 791 g/mol. The second kappa shape index (κ2) is 12.5. The number of amides is 1. The Morgan fingerprint density at radius 1 is 1.10 bits per heavy atom. The fourth-order valence-electron chi connectivity index (χ4n) is 4.65. The van der Waals surface area contributed by atoms with Gasteiger partial charge in [0.2, 0.25) is 0 Å². The standard InChI is InChI=1S/C31H27I2N3O4S/c1-17(2)40-28-20(13-21(32)16-24(28)33)15-25-30(38)36-27(19-9-8-12-23(14-19)39-4)26(18(3)34-31(36)41-25)29(37)35-22-10-6-5-7-11-22/h5-17,27H,1-4H3,(H,35,37)/b25-15-/t27-/m1/s1. The van der Waals surface area contributed by atoms with Crippen molar-refractivity contribution in [1.82, 2.24) is 4.57 Å². The average Bonchev–Trinajstić information content (AvgIpc) is 3.24. The molecule has 0 spiro atoms. The van der Waals surface area contributed by atoms with Gasteiger partial charge in [0.05, 0.1) is 38.6 Å². The number of fused-ring (bicyclic) bond motifs is 1. The Hall–Kier alpha value is -2.97. The van der Waals surface area contributed by atoms with Crippen molar-refractivity contribution in [2.75, 3.05) is 12.4 Å². The van der Waals surface area contributed by atoms with Gasteiger partial charge in [-0.3, -0.25) is 14.2 Å². The Balaban J connectivity index is 1.71. The Labute approximate surface area is 268 Å². The van der Waals surface area contributed by atoms with E-state index in [9.17, 15) is 9.59 Å². The molecule has 1 aliphatic rings. The van der Waals surface area contributed by atoms with Crippen molar-refractivity contribution >= 4 is 74.2 Å². The number of methoxy groups -OCH3 is 1. The molecule has 2 heterocycles. The van der Waals surface area contributed by atoms with Gasteiger partial charge in [0.1, 0.15) is 11.5 Å². The molecule has 7 nitrogen and oxygen atoms in total. The molecule has 1 atom stereocenters. The van der Waals surface area contributed by atoms with Gasteiger partial charge < -0.3 is 14.8 Å². The number of thiazole rings is 1. The van der Waals surface area contributed by atoms with Crippen molar-refractivity contribution in [1.29, 1.82) is 0 Å². The van der Waals surface area contributed by atoms with E-state index >= 15 is 0 Å². The molecule has 0 aliphatic carbocycles. The zero-order valence-corrected chi connectivity index (χ0v) is 27.9. The lowest BCUT2D eigenvalue weighted by Crippen LogP contribution is -2.40. The summed E-state index contributed by atoms with van der Waals surface area (Å²) in [5.41, 5.74) is 2.93. The number of anilines is 1. The lowest BCUT2D eigenvalue weighted by molar-refractivity contribution is -0.113. The van der Waals surface area contributed by atoms with Gasteiger partial charge in [0.15, 0.2) is 4.80 Å². The number of carbonyl (C=O) groups excluding carboxylic acids is 1. The normalized spacial score (nSPS) is 15.0. The van der Waals surface area contributed by atoms with Gasteiger partial charge in [-0.05, 0) is 114 Å². The van der Waals surface area contributed by atoms with Crippen LogP contribution in [0.4, 0.5) is 5.69 Å². The smallest absolute Gasteiger partial charge is 0.271 e. The molecule has 1 amide bonds. The highest BCUT2D eigenvalue weighted by Gasteiger charge is 2.33. The van der Waals surface area contributed by atoms with Crippen LogP contribution < -0.4 is 29.7 Å². The maximum Gasteiger partial charge on any atom is 0.271 e. The molecule has 0 fully saturated rings. The van der Waals surface area contributed by atoms with Crippen molar-refractivity contribution in [3.63, 3.8) is 0 Å². The molecule has 0 radical (unpaired) electrons. The quantitative estimate of drug-likeness (QED) is 0.238. The maximum absolute atomic E-state index is 14.1. The maximum atomic E-state index is 14.1. The van der Waals surface area contributed by atoms with Crippen LogP contribution >= 0.6 is 56.5 Å². The number of hydrogen-bond donors (Lipinski definition) is 1. The van der Waals surface area contributed by atoms with Crippen LogP contribution in [0.3, 0.4) is 0 Å². The molecule has 3 aromatic carbocycles. The van der Waals surface area contributed by atoms with E-state index in [4.69, 9.17) is 14.5 Å². The highest BCUT2D eigenvalue weighted by molar-refractivity contribution is 14.1. The number of rotatable bonds is 7. The van der Waals surface area contributed by atoms with Crippen molar-refractivity contribution < 1.29 is 14.3 Å². The number of hydrogen-bond acceptors (Lipinski definition) is 6. The van der Waals surface area contributed by atoms with E-state index in [-0.39, 0.29) is 17.6 Å². The summed E-state index contributed by atoms with van der Waals surface area (Å²) in [5.74, 6) is 1.04. The fraction of sp³-hybridized carbons (Fsp3) is 0.194. The number of benzene rings is 3. The van der Waals surface area contributed by atoms with Gasteiger partial charge in [0.25, 0.3) is 11.5 Å². The van der Waals surface area contributed by atoms with E-state index in [2.05, 4.69) is 50.5 Å². The molecular formula is C31H27I2N3O4S. The summed E-state index contributed by atoms with van der Waals surface area (Å²) >= 11 is 5.82. The zero-order chi connectivity index (χ0) is 29.3. The molecule has 1 aromatic heterocycles. The highest BCUT2D eigenvalue weighted by atomic mass is 127. The molecule has 41 heavy (non-hydrogen) atoms. The predicted octanol–water partition coefficient (Wildman–Crippen LogP) is 5.88. The Morgan fingerprint density at radius 3 is 2.56 bits per heavy atom. The summed E-state index contributed by atoms with van der Waals surface area (Å²) in [6.45, 7) is 5.76. The number of nitrogens with one attached hydrogen (secondary N) is 1. The number of ether oxygens (including phenoxy) is 2. The summed E-state index contributed by atoms with van der Waals surface area (Å²) < 4.78 is 15.7. The van der Waals surface area contributed by atoms with Gasteiger partial charge in [-0.25, -0.2) is 4.99 Å². The highest BCUT2D eigenvalue weighted by Crippen LogP contribution is 2.33. The largest absolute Gasteiger partial charge is 0.497 e. The van der Waals surface area contributed by atoms with E-state index in [0.717, 1.165) is 24.0 Å². The molecule has 10 heteroatoms. The van der Waals surface area contributed by atoms with E-state index in [1.807, 2.05) is 86.7 Å². The van der Waals surface area contributed by atoms with Crippen LogP contribution in [0, 0.1) is 7.14 Å². The van der Waals surface area contributed by atoms with Gasteiger partial charge in [-0.2, -0.15) is 0 Å². The topological polar surface area (TPSA) is 81.9 Å². The molecule has 0 saturated heterocycles. The Bertz CT molecular complexity index is 1850. The van der Waals surface area contributed by atoms with Crippen molar-refractivity contribution in [3.05, 3.63) is 116 Å². The zero-order valence-electron chi connectivity index (χ0n) is 22.8. The lowest BCUT2D eigenvalue weighted by atomic mass is 9.95.